The molecule has 30 valence electrons. The third-order valence-corrected chi connectivity index (χ3v) is 0.732. The Bertz CT molecular complexity index is 20.9. The molecule has 0 spiro atoms. The molecule has 0 fully saturated rings. The van der Waals surface area contributed by atoms with Crippen LogP contribution < -0.4 is 0 Å². The molecule has 2 heteroatoms. The van der Waals surface area contributed by atoms with Crippen molar-refractivity contribution in [2.45, 2.75) is 0 Å². The van der Waals surface area contributed by atoms with Gasteiger partial charge in [0.25, 0.3) is 0 Å². The first-order valence-corrected chi connectivity index (χ1v) is 2.61. The molecule has 0 saturated carbocycles. The van der Waals surface area contributed by atoms with Crippen LogP contribution in [0.15, 0.2) is 12.7 Å². The molecule has 0 amide bonds. The minimum absolute atomic E-state index is 0. The van der Waals surface area contributed by atoms with Crippen LogP contribution in [0.1, 0.15) is 0 Å². The van der Waals surface area contributed by atoms with E-state index in [0.29, 0.717) is 0 Å². The second-order valence-electron chi connectivity index (χ2n) is 0.443. The fourth-order valence-electron chi connectivity index (χ4n) is 0. The number of hydrogen-bond acceptors (Lipinski definition) is 0. The Kier molecular flexibility index (Phi) is 17.2. The van der Waals surface area contributed by atoms with Gasteiger partial charge >= 0.3 is 23.9 Å². The molecule has 0 aromatic heterocycles. The molecule has 0 nitrogen and oxygen atoms in total. The zero-order chi connectivity index (χ0) is 3.41. The van der Waals surface area contributed by atoms with Crippen LogP contribution in [0.3, 0.4) is 0 Å². The van der Waals surface area contributed by atoms with Gasteiger partial charge in [-0.05, 0) is 0 Å². The summed E-state index contributed by atoms with van der Waals surface area (Å²) in [5.74, 6) is 0. The van der Waals surface area contributed by atoms with Crippen LogP contribution in [0, 0.1) is 0 Å². The zero-order valence-corrected chi connectivity index (χ0v) is 9.27. The summed E-state index contributed by atoms with van der Waals surface area (Å²) in [6.07, 6.45) is 1.86. The molecule has 0 aliphatic carbocycles. The van der Waals surface area contributed by atoms with Gasteiger partial charge in [0.15, 0.2) is 0 Å². The van der Waals surface area contributed by atoms with Crippen molar-refractivity contribution >= 4 is 46.5 Å². The Morgan fingerprint density at radius 1 is 1.80 bits per heavy atom. The molecule has 0 aliphatic heterocycles. The molecular weight excluding hydrogens is 282 g/mol. The first-order valence-electron chi connectivity index (χ1n) is 1.08. The molecule has 0 bridgehead atoms. The van der Waals surface area contributed by atoms with E-state index < -0.39 is 0 Å². The van der Waals surface area contributed by atoms with Crippen molar-refractivity contribution in [1.29, 1.82) is 0 Å². The van der Waals surface area contributed by atoms with Crippen molar-refractivity contribution in [2.24, 2.45) is 0 Å². The molecule has 0 aromatic carbocycles. The number of hydrogen-bond donors (Lipinski definition) is 0. The van der Waals surface area contributed by atoms with Gasteiger partial charge in [-0.15, -0.1) is 6.58 Å². The topological polar surface area (TPSA) is 0 Å². The third kappa shape index (κ3) is 10.9. The first kappa shape index (κ1) is 9.55. The van der Waals surface area contributed by atoms with Crippen molar-refractivity contribution in [2.75, 3.05) is 4.43 Å². The Labute approximate surface area is 63.1 Å². The average molecular weight is 289 g/mol. The SMILES string of the molecule is C=CCI.[SnH2]. The average Bonchev–Trinajstić information content (AvgIpc) is 1.37. The minimum atomic E-state index is 0. The van der Waals surface area contributed by atoms with Crippen LogP contribution in [0.5, 0.6) is 0 Å². The van der Waals surface area contributed by atoms with E-state index in [0.717, 1.165) is 4.43 Å². The second-order valence-corrected chi connectivity index (χ2v) is 1.32. The van der Waals surface area contributed by atoms with Gasteiger partial charge in [0, 0.05) is 4.43 Å². The summed E-state index contributed by atoms with van der Waals surface area (Å²) < 4.78 is 1.05. The predicted molar refractivity (Wildman–Crippen MR) is 37.6 cm³/mol. The summed E-state index contributed by atoms with van der Waals surface area (Å²) in [6, 6.07) is 0. The van der Waals surface area contributed by atoms with Crippen LogP contribution in [0.2, 0.25) is 0 Å². The monoisotopic (exact) mass is 290 g/mol. The predicted octanol–water partition coefficient (Wildman–Crippen LogP) is 0.691. The van der Waals surface area contributed by atoms with Crippen molar-refractivity contribution in [3.05, 3.63) is 12.7 Å². The van der Waals surface area contributed by atoms with Gasteiger partial charge in [0.05, 0.1) is 0 Å². The number of halogens is 1. The summed E-state index contributed by atoms with van der Waals surface area (Å²) >= 11 is 2.23. The quantitative estimate of drug-likeness (QED) is 0.288. The maximum atomic E-state index is 3.47. The van der Waals surface area contributed by atoms with Crippen LogP contribution in [0.25, 0.3) is 0 Å². The normalized spacial score (nSPS) is 5.00. The van der Waals surface area contributed by atoms with E-state index in [1.807, 2.05) is 6.08 Å². The van der Waals surface area contributed by atoms with E-state index >= 15 is 0 Å². The van der Waals surface area contributed by atoms with Crippen molar-refractivity contribution in [3.8, 4) is 0 Å². The van der Waals surface area contributed by atoms with Gasteiger partial charge in [-0.1, -0.05) is 28.7 Å². The fraction of sp³-hybridized carbons (Fsp3) is 0.333. The summed E-state index contributed by atoms with van der Waals surface area (Å²) in [5.41, 5.74) is 0. The molecule has 0 aliphatic rings. The second kappa shape index (κ2) is 8.99. The van der Waals surface area contributed by atoms with Gasteiger partial charge in [-0.2, -0.15) is 0 Å². The molecule has 0 rings (SSSR count). The number of allylic oxidation sites excluding steroid dienone is 1. The van der Waals surface area contributed by atoms with Crippen molar-refractivity contribution in [3.63, 3.8) is 0 Å². The summed E-state index contributed by atoms with van der Waals surface area (Å²) in [7, 11) is 0. The van der Waals surface area contributed by atoms with Crippen LogP contribution in [0.4, 0.5) is 0 Å². The van der Waals surface area contributed by atoms with E-state index in [4.69, 9.17) is 0 Å². The molecular formula is C3H7ISn. The van der Waals surface area contributed by atoms with Crippen molar-refractivity contribution in [1.82, 2.24) is 0 Å². The van der Waals surface area contributed by atoms with Crippen LogP contribution in [-0.2, 0) is 0 Å². The van der Waals surface area contributed by atoms with E-state index in [1.165, 1.54) is 0 Å². The molecule has 0 heterocycles. The first-order chi connectivity index (χ1) is 1.91. The summed E-state index contributed by atoms with van der Waals surface area (Å²) in [6.45, 7) is 3.47. The Morgan fingerprint density at radius 3 is 2.00 bits per heavy atom. The van der Waals surface area contributed by atoms with Gasteiger partial charge in [-0.3, -0.25) is 0 Å². The molecule has 0 N–H and O–H groups in total. The Hall–Kier alpha value is 1.27. The van der Waals surface area contributed by atoms with E-state index in [2.05, 4.69) is 29.2 Å². The van der Waals surface area contributed by atoms with Gasteiger partial charge < -0.3 is 0 Å². The molecule has 0 unspecified atom stereocenters. The van der Waals surface area contributed by atoms with Gasteiger partial charge in [0.1, 0.15) is 0 Å². The number of rotatable bonds is 1. The maximum absolute atomic E-state index is 3.47. The molecule has 0 saturated heterocycles. The standard InChI is InChI=1S/C3H5I.Sn.2H/c1-2-3-4;;;/h2H,1,3H2;;;. The van der Waals surface area contributed by atoms with Crippen LogP contribution >= 0.6 is 22.6 Å². The molecule has 2 radical (unpaired) electrons. The summed E-state index contributed by atoms with van der Waals surface area (Å²) in [5, 5.41) is 0. The van der Waals surface area contributed by atoms with Crippen molar-refractivity contribution < 1.29 is 0 Å². The van der Waals surface area contributed by atoms with Gasteiger partial charge in [0.2, 0.25) is 0 Å². The fourth-order valence-corrected chi connectivity index (χ4v) is 0. The molecule has 0 aromatic rings. The molecule has 5 heavy (non-hydrogen) atoms. The summed E-state index contributed by atoms with van der Waals surface area (Å²) in [4.78, 5) is 0. The number of alkyl halides is 1. The Morgan fingerprint density at radius 2 is 2.00 bits per heavy atom. The zero-order valence-electron chi connectivity index (χ0n) is 3.08. The van der Waals surface area contributed by atoms with E-state index in [9.17, 15) is 0 Å². The van der Waals surface area contributed by atoms with E-state index in [1.54, 1.807) is 0 Å². The third-order valence-electron chi connectivity index (χ3n) is 0.109. The Balaban J connectivity index is 0. The van der Waals surface area contributed by atoms with E-state index in [-0.39, 0.29) is 23.9 Å². The van der Waals surface area contributed by atoms with Gasteiger partial charge in [-0.25, -0.2) is 0 Å². The van der Waals surface area contributed by atoms with Crippen LogP contribution in [-0.4, -0.2) is 28.3 Å². The molecule has 0 atom stereocenters.